The largest absolute Gasteiger partial charge is 0.394 e. The van der Waals surface area contributed by atoms with Crippen molar-refractivity contribution in [1.29, 1.82) is 0 Å². The molecule has 0 saturated heterocycles. The summed E-state index contributed by atoms with van der Waals surface area (Å²) in [6.45, 7) is 1.83. The number of pyridine rings is 1. The minimum Gasteiger partial charge on any atom is -0.394 e. The molecule has 3 nitrogen and oxygen atoms in total. The summed E-state index contributed by atoms with van der Waals surface area (Å²) in [5, 5.41) is 10.2. The Kier molecular flexibility index (Phi) is 2.90. The summed E-state index contributed by atoms with van der Waals surface area (Å²) in [5.74, 6) is 0. The van der Waals surface area contributed by atoms with E-state index in [4.69, 9.17) is 10.8 Å². The molecule has 0 fully saturated rings. The van der Waals surface area contributed by atoms with Gasteiger partial charge in [-0.2, -0.15) is 0 Å². The Bertz CT molecular complexity index is 494. The van der Waals surface area contributed by atoms with Gasteiger partial charge < -0.3 is 10.8 Å². The first-order chi connectivity index (χ1) is 7.61. The van der Waals surface area contributed by atoms with E-state index in [0.29, 0.717) is 6.42 Å². The van der Waals surface area contributed by atoms with E-state index >= 15 is 0 Å². The van der Waals surface area contributed by atoms with Crippen molar-refractivity contribution < 1.29 is 5.11 Å². The fourth-order valence-corrected chi connectivity index (χ4v) is 1.76. The Balaban J connectivity index is 2.33. The van der Waals surface area contributed by atoms with Gasteiger partial charge in [-0.05, 0) is 37.1 Å². The van der Waals surface area contributed by atoms with Gasteiger partial charge in [0.1, 0.15) is 0 Å². The third kappa shape index (κ3) is 2.38. The molecule has 1 aromatic heterocycles. The van der Waals surface area contributed by atoms with Crippen LogP contribution in [0.5, 0.6) is 0 Å². The SMILES string of the molecule is CC(N)(CO)Cc1ccc2ncccc2c1. The van der Waals surface area contributed by atoms with Crippen LogP contribution in [0.2, 0.25) is 0 Å². The van der Waals surface area contributed by atoms with Crippen LogP contribution >= 0.6 is 0 Å². The lowest BCUT2D eigenvalue weighted by Crippen LogP contribution is -2.42. The molecule has 0 amide bonds. The first-order valence-electron chi connectivity index (χ1n) is 5.34. The van der Waals surface area contributed by atoms with E-state index in [2.05, 4.69) is 11.1 Å². The summed E-state index contributed by atoms with van der Waals surface area (Å²) >= 11 is 0. The summed E-state index contributed by atoms with van der Waals surface area (Å²) in [6.07, 6.45) is 2.44. The molecule has 3 N–H and O–H groups in total. The lowest BCUT2D eigenvalue weighted by molar-refractivity contribution is 0.208. The van der Waals surface area contributed by atoms with Gasteiger partial charge in [-0.25, -0.2) is 0 Å². The van der Waals surface area contributed by atoms with Crippen molar-refractivity contribution in [3.05, 3.63) is 42.1 Å². The number of benzene rings is 1. The van der Waals surface area contributed by atoms with E-state index < -0.39 is 5.54 Å². The molecule has 1 atom stereocenters. The van der Waals surface area contributed by atoms with E-state index in [9.17, 15) is 0 Å². The molecule has 0 bridgehead atoms. The lowest BCUT2D eigenvalue weighted by atomic mass is 9.94. The summed E-state index contributed by atoms with van der Waals surface area (Å²) < 4.78 is 0. The summed E-state index contributed by atoms with van der Waals surface area (Å²) in [7, 11) is 0. The minimum absolute atomic E-state index is 0.0158. The predicted molar refractivity (Wildman–Crippen MR) is 65.1 cm³/mol. The summed E-state index contributed by atoms with van der Waals surface area (Å²) in [5.41, 5.74) is 7.47. The van der Waals surface area contributed by atoms with Crippen molar-refractivity contribution in [1.82, 2.24) is 4.98 Å². The Morgan fingerprint density at radius 3 is 2.94 bits per heavy atom. The second-order valence-electron chi connectivity index (χ2n) is 4.52. The van der Waals surface area contributed by atoms with Crippen molar-refractivity contribution in [3.8, 4) is 0 Å². The second kappa shape index (κ2) is 4.20. The third-order valence-corrected chi connectivity index (χ3v) is 2.64. The number of aliphatic hydroxyl groups excluding tert-OH is 1. The van der Waals surface area contributed by atoms with E-state index in [-0.39, 0.29) is 6.61 Å². The minimum atomic E-state index is -0.560. The van der Waals surface area contributed by atoms with Crippen LogP contribution in [0.1, 0.15) is 12.5 Å². The monoisotopic (exact) mass is 216 g/mol. The maximum atomic E-state index is 9.13. The molecule has 1 heterocycles. The molecule has 3 heteroatoms. The second-order valence-corrected chi connectivity index (χ2v) is 4.52. The van der Waals surface area contributed by atoms with Crippen LogP contribution in [0, 0.1) is 0 Å². The molecule has 2 aromatic rings. The van der Waals surface area contributed by atoms with Gasteiger partial charge in [0, 0.05) is 17.1 Å². The number of hydrogen-bond donors (Lipinski definition) is 2. The smallest absolute Gasteiger partial charge is 0.0702 e. The summed E-state index contributed by atoms with van der Waals surface area (Å²) in [4.78, 5) is 4.26. The zero-order valence-electron chi connectivity index (χ0n) is 9.35. The van der Waals surface area contributed by atoms with Crippen molar-refractivity contribution in [2.45, 2.75) is 18.9 Å². The first-order valence-corrected chi connectivity index (χ1v) is 5.34. The maximum Gasteiger partial charge on any atom is 0.0702 e. The van der Waals surface area contributed by atoms with Crippen LogP contribution in [0.3, 0.4) is 0 Å². The molecule has 1 unspecified atom stereocenters. The van der Waals surface area contributed by atoms with E-state index in [1.54, 1.807) is 6.20 Å². The Hall–Kier alpha value is -1.45. The van der Waals surface area contributed by atoms with E-state index in [1.807, 2.05) is 31.2 Å². The molecule has 0 saturated carbocycles. The fourth-order valence-electron chi connectivity index (χ4n) is 1.76. The number of fused-ring (bicyclic) bond motifs is 1. The molecule has 2 rings (SSSR count). The molecule has 84 valence electrons. The molecule has 0 spiro atoms. The van der Waals surface area contributed by atoms with Gasteiger partial charge in [-0.15, -0.1) is 0 Å². The van der Waals surface area contributed by atoms with Crippen molar-refractivity contribution in [2.24, 2.45) is 5.73 Å². The van der Waals surface area contributed by atoms with Crippen molar-refractivity contribution in [2.75, 3.05) is 6.61 Å². The first kappa shape index (κ1) is 11.0. The fraction of sp³-hybridized carbons (Fsp3) is 0.308. The zero-order chi connectivity index (χ0) is 11.6. The van der Waals surface area contributed by atoms with Crippen LogP contribution in [-0.2, 0) is 6.42 Å². The van der Waals surface area contributed by atoms with Crippen LogP contribution in [0.4, 0.5) is 0 Å². The lowest BCUT2D eigenvalue weighted by Gasteiger charge is -2.21. The molecular formula is C13H16N2O. The highest BCUT2D eigenvalue weighted by molar-refractivity contribution is 5.78. The highest BCUT2D eigenvalue weighted by Crippen LogP contribution is 2.16. The quantitative estimate of drug-likeness (QED) is 0.817. The molecule has 0 aliphatic heterocycles. The predicted octanol–water partition coefficient (Wildman–Crippen LogP) is 1.49. The van der Waals surface area contributed by atoms with Crippen LogP contribution in [0.15, 0.2) is 36.5 Å². The Labute approximate surface area is 94.9 Å². The number of hydrogen-bond acceptors (Lipinski definition) is 3. The van der Waals surface area contributed by atoms with Gasteiger partial charge in [0.2, 0.25) is 0 Å². The van der Waals surface area contributed by atoms with Crippen LogP contribution in [0.25, 0.3) is 10.9 Å². The normalized spacial score (nSPS) is 14.9. The van der Waals surface area contributed by atoms with Gasteiger partial charge in [0.25, 0.3) is 0 Å². The zero-order valence-corrected chi connectivity index (χ0v) is 9.35. The molecule has 0 aliphatic rings. The van der Waals surface area contributed by atoms with Gasteiger partial charge in [0.05, 0.1) is 12.1 Å². The van der Waals surface area contributed by atoms with Crippen LogP contribution in [-0.4, -0.2) is 22.2 Å². The average molecular weight is 216 g/mol. The average Bonchev–Trinajstić information content (AvgIpc) is 2.28. The van der Waals surface area contributed by atoms with Gasteiger partial charge in [-0.3, -0.25) is 4.98 Å². The molecule has 16 heavy (non-hydrogen) atoms. The molecule has 0 radical (unpaired) electrons. The molecule has 0 aliphatic carbocycles. The highest BCUT2D eigenvalue weighted by atomic mass is 16.3. The van der Waals surface area contributed by atoms with Crippen LogP contribution < -0.4 is 5.73 Å². The van der Waals surface area contributed by atoms with Crippen molar-refractivity contribution in [3.63, 3.8) is 0 Å². The van der Waals surface area contributed by atoms with Gasteiger partial charge in [0.15, 0.2) is 0 Å². The molecular weight excluding hydrogens is 200 g/mol. The number of nitrogens with two attached hydrogens (primary N) is 1. The topological polar surface area (TPSA) is 59.1 Å². The van der Waals surface area contributed by atoms with E-state index in [0.717, 1.165) is 16.5 Å². The highest BCUT2D eigenvalue weighted by Gasteiger charge is 2.17. The Morgan fingerprint density at radius 2 is 2.19 bits per heavy atom. The number of aromatic nitrogens is 1. The Morgan fingerprint density at radius 1 is 1.38 bits per heavy atom. The standard InChI is InChI=1S/C13H16N2O/c1-13(14,9-16)8-10-4-5-12-11(7-10)3-2-6-15-12/h2-7,16H,8-9,14H2,1H3. The number of rotatable bonds is 3. The number of nitrogens with zero attached hydrogens (tertiary/aromatic N) is 1. The van der Waals surface area contributed by atoms with Gasteiger partial charge >= 0.3 is 0 Å². The maximum absolute atomic E-state index is 9.13. The summed E-state index contributed by atoms with van der Waals surface area (Å²) in [6, 6.07) is 10.0. The molecule has 1 aromatic carbocycles. The number of aliphatic hydroxyl groups is 1. The van der Waals surface area contributed by atoms with E-state index in [1.165, 1.54) is 0 Å². The third-order valence-electron chi connectivity index (χ3n) is 2.64. The van der Waals surface area contributed by atoms with Gasteiger partial charge in [-0.1, -0.05) is 12.1 Å². The van der Waals surface area contributed by atoms with Crippen molar-refractivity contribution >= 4 is 10.9 Å².